The van der Waals surface area contributed by atoms with Crippen LogP contribution < -0.4 is 4.74 Å². The standard InChI is InChI=1S/C22H19N3O2/c1-16-13-25(15-23-16)20-10-8-17(12-21(20)26-2)9-11-22-24-19(14-27-22)18-6-4-3-5-7-18/h3-15H,1-2H3. The molecule has 0 aliphatic carbocycles. The van der Waals surface area contributed by atoms with E-state index in [4.69, 9.17) is 9.15 Å². The Morgan fingerprint density at radius 1 is 1.07 bits per heavy atom. The molecule has 5 heteroatoms. The largest absolute Gasteiger partial charge is 0.495 e. The van der Waals surface area contributed by atoms with Gasteiger partial charge in [-0.2, -0.15) is 0 Å². The zero-order valence-corrected chi connectivity index (χ0v) is 15.2. The van der Waals surface area contributed by atoms with Crippen molar-refractivity contribution in [2.45, 2.75) is 6.92 Å². The molecule has 0 aliphatic heterocycles. The number of hydrogen-bond acceptors (Lipinski definition) is 4. The number of ether oxygens (including phenoxy) is 1. The van der Waals surface area contributed by atoms with Crippen molar-refractivity contribution in [2.75, 3.05) is 7.11 Å². The zero-order valence-electron chi connectivity index (χ0n) is 15.2. The zero-order chi connectivity index (χ0) is 18.6. The van der Waals surface area contributed by atoms with E-state index in [2.05, 4.69) is 9.97 Å². The summed E-state index contributed by atoms with van der Waals surface area (Å²) in [5.41, 5.74) is 4.74. The first-order chi connectivity index (χ1) is 13.2. The summed E-state index contributed by atoms with van der Waals surface area (Å²) in [4.78, 5) is 8.78. The molecule has 0 fully saturated rings. The molecular formula is C22H19N3O2. The number of imidazole rings is 1. The molecule has 0 saturated carbocycles. The number of hydrogen-bond donors (Lipinski definition) is 0. The SMILES string of the molecule is COc1cc(C=Cc2nc(-c3ccccc3)co2)ccc1-n1cnc(C)c1. The van der Waals surface area contributed by atoms with Gasteiger partial charge in [-0.1, -0.05) is 36.4 Å². The highest BCUT2D eigenvalue weighted by molar-refractivity contribution is 5.69. The molecule has 0 amide bonds. The third-order valence-electron chi connectivity index (χ3n) is 4.20. The molecule has 4 aromatic rings. The molecule has 0 radical (unpaired) electrons. The lowest BCUT2D eigenvalue weighted by atomic mass is 10.1. The molecule has 134 valence electrons. The quantitative estimate of drug-likeness (QED) is 0.503. The van der Waals surface area contributed by atoms with Crippen LogP contribution in [-0.4, -0.2) is 21.6 Å². The Hall–Kier alpha value is -3.60. The van der Waals surface area contributed by atoms with Gasteiger partial charge in [-0.25, -0.2) is 9.97 Å². The molecule has 0 atom stereocenters. The van der Waals surface area contributed by atoms with E-state index < -0.39 is 0 Å². The van der Waals surface area contributed by atoms with Gasteiger partial charge in [0.05, 0.1) is 24.8 Å². The Kier molecular flexibility index (Phi) is 4.58. The van der Waals surface area contributed by atoms with Crippen LogP contribution in [-0.2, 0) is 0 Å². The molecular weight excluding hydrogens is 338 g/mol. The fourth-order valence-corrected chi connectivity index (χ4v) is 2.84. The highest BCUT2D eigenvalue weighted by atomic mass is 16.5. The van der Waals surface area contributed by atoms with E-state index in [9.17, 15) is 0 Å². The van der Waals surface area contributed by atoms with Gasteiger partial charge in [0.2, 0.25) is 5.89 Å². The van der Waals surface area contributed by atoms with Crippen LogP contribution in [0.25, 0.3) is 29.1 Å². The smallest absolute Gasteiger partial charge is 0.219 e. The lowest BCUT2D eigenvalue weighted by molar-refractivity contribution is 0.413. The van der Waals surface area contributed by atoms with Crippen LogP contribution in [0.3, 0.4) is 0 Å². The molecule has 4 rings (SSSR count). The van der Waals surface area contributed by atoms with E-state index in [-0.39, 0.29) is 0 Å². The number of benzene rings is 2. The van der Waals surface area contributed by atoms with Crippen molar-refractivity contribution in [2.24, 2.45) is 0 Å². The summed E-state index contributed by atoms with van der Waals surface area (Å²) in [5, 5.41) is 0. The Bertz CT molecular complexity index is 1080. The number of rotatable bonds is 5. The summed E-state index contributed by atoms with van der Waals surface area (Å²) < 4.78 is 13.0. The molecule has 0 N–H and O–H groups in total. The second-order valence-corrected chi connectivity index (χ2v) is 6.12. The highest BCUT2D eigenvalue weighted by Crippen LogP contribution is 2.26. The number of methoxy groups -OCH3 is 1. The minimum atomic E-state index is 0.558. The van der Waals surface area contributed by atoms with Gasteiger partial charge in [-0.3, -0.25) is 0 Å². The van der Waals surface area contributed by atoms with Gasteiger partial charge in [0.15, 0.2) is 0 Å². The Labute approximate surface area is 157 Å². The van der Waals surface area contributed by atoms with Crippen molar-refractivity contribution in [1.29, 1.82) is 0 Å². The summed E-state index contributed by atoms with van der Waals surface area (Å²) in [6, 6.07) is 16.0. The number of oxazole rings is 1. The topological polar surface area (TPSA) is 53.1 Å². The maximum atomic E-state index is 5.55. The van der Waals surface area contributed by atoms with Crippen LogP contribution in [0.15, 0.2) is 71.7 Å². The number of nitrogens with zero attached hydrogens (tertiary/aromatic N) is 3. The van der Waals surface area contributed by atoms with Gasteiger partial charge in [0.1, 0.15) is 17.7 Å². The van der Waals surface area contributed by atoms with Crippen LogP contribution in [0.5, 0.6) is 5.75 Å². The molecule has 0 aliphatic rings. The fourth-order valence-electron chi connectivity index (χ4n) is 2.84. The van der Waals surface area contributed by atoms with Gasteiger partial charge in [0.25, 0.3) is 0 Å². The fraction of sp³-hybridized carbons (Fsp3) is 0.0909. The van der Waals surface area contributed by atoms with Crippen LogP contribution >= 0.6 is 0 Å². The summed E-state index contributed by atoms with van der Waals surface area (Å²) in [6.07, 6.45) is 9.21. The Morgan fingerprint density at radius 2 is 1.93 bits per heavy atom. The molecule has 27 heavy (non-hydrogen) atoms. The molecule has 0 saturated heterocycles. The van der Waals surface area contributed by atoms with Crippen molar-refractivity contribution in [3.05, 3.63) is 84.5 Å². The Balaban J connectivity index is 1.57. The molecule has 2 aromatic heterocycles. The first-order valence-corrected chi connectivity index (χ1v) is 8.61. The average Bonchev–Trinajstić information content (AvgIpc) is 3.36. The predicted molar refractivity (Wildman–Crippen MR) is 106 cm³/mol. The van der Waals surface area contributed by atoms with E-state index in [0.29, 0.717) is 5.89 Å². The van der Waals surface area contributed by atoms with Crippen LogP contribution in [0.4, 0.5) is 0 Å². The molecule has 0 unspecified atom stereocenters. The normalized spacial score (nSPS) is 11.2. The lowest BCUT2D eigenvalue weighted by Crippen LogP contribution is -1.95. The van der Waals surface area contributed by atoms with Crippen LogP contribution in [0.1, 0.15) is 17.1 Å². The van der Waals surface area contributed by atoms with Crippen LogP contribution in [0, 0.1) is 6.92 Å². The molecule has 0 spiro atoms. The predicted octanol–water partition coefficient (Wildman–Crippen LogP) is 5.01. The molecule has 5 nitrogen and oxygen atoms in total. The van der Waals surface area contributed by atoms with Gasteiger partial charge in [-0.05, 0) is 30.7 Å². The van der Waals surface area contributed by atoms with Crippen molar-refractivity contribution in [1.82, 2.24) is 14.5 Å². The molecule has 2 heterocycles. The van der Waals surface area contributed by atoms with Gasteiger partial charge in [-0.15, -0.1) is 0 Å². The third kappa shape index (κ3) is 3.67. The first kappa shape index (κ1) is 16.8. The number of aryl methyl sites for hydroxylation is 1. The number of aromatic nitrogens is 3. The maximum absolute atomic E-state index is 5.55. The van der Waals surface area contributed by atoms with Gasteiger partial charge in [0, 0.05) is 17.8 Å². The van der Waals surface area contributed by atoms with E-state index in [1.807, 2.05) is 78.4 Å². The van der Waals surface area contributed by atoms with E-state index >= 15 is 0 Å². The van der Waals surface area contributed by atoms with Crippen molar-refractivity contribution in [3.63, 3.8) is 0 Å². The molecule has 2 aromatic carbocycles. The summed E-state index contributed by atoms with van der Waals surface area (Å²) in [7, 11) is 1.66. The Morgan fingerprint density at radius 3 is 2.67 bits per heavy atom. The second-order valence-electron chi connectivity index (χ2n) is 6.12. The van der Waals surface area contributed by atoms with Crippen molar-refractivity contribution < 1.29 is 9.15 Å². The second kappa shape index (κ2) is 7.33. The first-order valence-electron chi connectivity index (χ1n) is 8.61. The van der Waals surface area contributed by atoms with Crippen molar-refractivity contribution >= 4 is 12.2 Å². The van der Waals surface area contributed by atoms with E-state index in [0.717, 1.165) is 34.0 Å². The monoisotopic (exact) mass is 357 g/mol. The minimum absolute atomic E-state index is 0.558. The lowest BCUT2D eigenvalue weighted by Gasteiger charge is -2.09. The third-order valence-corrected chi connectivity index (χ3v) is 4.20. The van der Waals surface area contributed by atoms with Gasteiger partial charge < -0.3 is 13.7 Å². The van der Waals surface area contributed by atoms with Crippen molar-refractivity contribution in [3.8, 4) is 22.7 Å². The van der Waals surface area contributed by atoms with E-state index in [1.165, 1.54) is 0 Å². The summed E-state index contributed by atoms with van der Waals surface area (Å²) in [6.45, 7) is 1.96. The average molecular weight is 357 g/mol. The summed E-state index contributed by atoms with van der Waals surface area (Å²) >= 11 is 0. The van der Waals surface area contributed by atoms with Gasteiger partial charge >= 0.3 is 0 Å². The minimum Gasteiger partial charge on any atom is -0.495 e. The highest BCUT2D eigenvalue weighted by Gasteiger charge is 2.07. The summed E-state index contributed by atoms with van der Waals surface area (Å²) in [5.74, 6) is 1.33. The van der Waals surface area contributed by atoms with Crippen LogP contribution in [0.2, 0.25) is 0 Å². The maximum Gasteiger partial charge on any atom is 0.219 e. The van der Waals surface area contributed by atoms with E-state index in [1.54, 1.807) is 19.7 Å². The molecule has 0 bridgehead atoms.